The molecule has 1 aliphatic heterocycles. The highest BCUT2D eigenvalue weighted by atomic mass is 35.5. The molecule has 3 nitrogen and oxygen atoms in total. The number of benzene rings is 1. The van der Waals surface area contributed by atoms with Gasteiger partial charge in [-0.1, -0.05) is 11.6 Å². The molecule has 6 heteroatoms. The van der Waals surface area contributed by atoms with Gasteiger partial charge in [-0.25, -0.2) is 4.39 Å². The van der Waals surface area contributed by atoms with Crippen LogP contribution in [0.1, 0.15) is 13.3 Å². The van der Waals surface area contributed by atoms with Gasteiger partial charge in [0.05, 0.1) is 10.4 Å². The third-order valence-electron chi connectivity index (χ3n) is 3.09. The number of halogens is 3. The lowest BCUT2D eigenvalue weighted by atomic mass is 9.89. The minimum Gasteiger partial charge on any atom is -0.326 e. The van der Waals surface area contributed by atoms with Gasteiger partial charge in [-0.15, -0.1) is 12.4 Å². The highest BCUT2D eigenvalue weighted by molar-refractivity contribution is 6.31. The fourth-order valence-corrected chi connectivity index (χ4v) is 2.05. The van der Waals surface area contributed by atoms with Crippen LogP contribution in [0.4, 0.5) is 10.1 Å². The fourth-order valence-electron chi connectivity index (χ4n) is 1.87. The minimum absolute atomic E-state index is 0. The van der Waals surface area contributed by atoms with Gasteiger partial charge < -0.3 is 10.6 Å². The lowest BCUT2D eigenvalue weighted by Gasteiger charge is -2.21. The Morgan fingerprint density at radius 3 is 2.83 bits per heavy atom. The van der Waals surface area contributed by atoms with Crippen LogP contribution >= 0.6 is 24.0 Å². The van der Waals surface area contributed by atoms with E-state index in [2.05, 4.69) is 10.6 Å². The van der Waals surface area contributed by atoms with Crippen LogP contribution in [0.3, 0.4) is 0 Å². The van der Waals surface area contributed by atoms with Gasteiger partial charge in [-0.05, 0) is 38.1 Å². The minimum atomic E-state index is -0.488. The zero-order chi connectivity index (χ0) is 12.5. The quantitative estimate of drug-likeness (QED) is 0.880. The summed E-state index contributed by atoms with van der Waals surface area (Å²) in [5.41, 5.74) is 0.121. The van der Waals surface area contributed by atoms with Crippen LogP contribution in [0, 0.1) is 11.2 Å². The summed E-state index contributed by atoms with van der Waals surface area (Å²) in [6.07, 6.45) is 0.799. The van der Waals surface area contributed by atoms with Gasteiger partial charge in [0.1, 0.15) is 5.82 Å². The van der Waals surface area contributed by atoms with E-state index in [-0.39, 0.29) is 23.3 Å². The van der Waals surface area contributed by atoms with Crippen molar-refractivity contribution < 1.29 is 9.18 Å². The molecule has 1 unspecified atom stereocenters. The lowest BCUT2D eigenvalue weighted by Crippen LogP contribution is -2.35. The second kappa shape index (κ2) is 5.87. The van der Waals surface area contributed by atoms with Gasteiger partial charge >= 0.3 is 0 Å². The van der Waals surface area contributed by atoms with E-state index in [9.17, 15) is 9.18 Å². The summed E-state index contributed by atoms with van der Waals surface area (Å²) in [7, 11) is 0. The summed E-state index contributed by atoms with van der Waals surface area (Å²) < 4.78 is 13.0. The van der Waals surface area contributed by atoms with Crippen LogP contribution < -0.4 is 10.6 Å². The molecule has 1 fully saturated rings. The first-order valence-electron chi connectivity index (χ1n) is 5.48. The van der Waals surface area contributed by atoms with E-state index in [1.54, 1.807) is 0 Å². The van der Waals surface area contributed by atoms with Crippen molar-refractivity contribution >= 4 is 35.6 Å². The molecular weight excluding hydrogens is 278 g/mol. The summed E-state index contributed by atoms with van der Waals surface area (Å²) >= 11 is 5.65. The average Bonchev–Trinajstić information content (AvgIpc) is 2.72. The zero-order valence-corrected chi connectivity index (χ0v) is 11.5. The Balaban J connectivity index is 0.00000162. The number of carbonyl (C=O) groups excluding carboxylic acids is 1. The average molecular weight is 293 g/mol. The van der Waals surface area contributed by atoms with Crippen molar-refractivity contribution in [2.24, 2.45) is 5.41 Å². The first kappa shape index (κ1) is 15.2. The van der Waals surface area contributed by atoms with Crippen LogP contribution in [-0.2, 0) is 4.79 Å². The van der Waals surface area contributed by atoms with Gasteiger partial charge in [0.25, 0.3) is 0 Å². The van der Waals surface area contributed by atoms with E-state index >= 15 is 0 Å². The Kier molecular flexibility index (Phi) is 4.96. The second-order valence-corrected chi connectivity index (χ2v) is 4.98. The number of hydrogen-bond acceptors (Lipinski definition) is 2. The largest absolute Gasteiger partial charge is 0.326 e. The molecule has 0 saturated carbocycles. The lowest BCUT2D eigenvalue weighted by molar-refractivity contribution is -0.123. The number of anilines is 1. The number of rotatable bonds is 2. The monoisotopic (exact) mass is 292 g/mol. The molecule has 100 valence electrons. The Bertz CT molecular complexity index is 448. The van der Waals surface area contributed by atoms with E-state index in [1.807, 2.05) is 6.92 Å². The number of nitrogens with one attached hydrogen (secondary N) is 2. The molecule has 1 saturated heterocycles. The van der Waals surface area contributed by atoms with Crippen LogP contribution in [0.5, 0.6) is 0 Å². The molecule has 1 aromatic carbocycles. The van der Waals surface area contributed by atoms with E-state index in [4.69, 9.17) is 11.6 Å². The molecule has 18 heavy (non-hydrogen) atoms. The summed E-state index contributed by atoms with van der Waals surface area (Å²) in [6, 6.07) is 4.17. The van der Waals surface area contributed by atoms with Gasteiger partial charge in [0.2, 0.25) is 5.91 Å². The third-order valence-corrected chi connectivity index (χ3v) is 3.38. The van der Waals surface area contributed by atoms with Gasteiger partial charge in [0, 0.05) is 12.2 Å². The Labute approximate surface area is 116 Å². The highest BCUT2D eigenvalue weighted by Gasteiger charge is 2.36. The standard InChI is InChI=1S/C12H14ClFN2O.ClH/c1-12(4-5-15-7-12)11(17)16-8-2-3-10(14)9(13)6-8;/h2-3,6,15H,4-5,7H2,1H3,(H,16,17);1H. The summed E-state index contributed by atoms with van der Waals surface area (Å²) in [5.74, 6) is -0.552. The molecule has 0 aromatic heterocycles. The van der Waals surface area contributed by atoms with Crippen LogP contribution in [0.15, 0.2) is 18.2 Å². The molecular formula is C12H15Cl2FN2O. The molecule has 1 atom stereocenters. The maximum absolute atomic E-state index is 13.0. The van der Waals surface area contributed by atoms with Gasteiger partial charge in [-0.2, -0.15) is 0 Å². The Morgan fingerprint density at radius 2 is 2.28 bits per heavy atom. The van der Waals surface area contributed by atoms with E-state index in [0.717, 1.165) is 13.0 Å². The van der Waals surface area contributed by atoms with Gasteiger partial charge in [0.15, 0.2) is 0 Å². The van der Waals surface area contributed by atoms with Crippen LogP contribution in [0.25, 0.3) is 0 Å². The first-order valence-corrected chi connectivity index (χ1v) is 5.86. The molecule has 1 aromatic rings. The first-order chi connectivity index (χ1) is 8.01. The van der Waals surface area contributed by atoms with Crippen molar-refractivity contribution in [3.05, 3.63) is 29.0 Å². The number of hydrogen-bond donors (Lipinski definition) is 2. The summed E-state index contributed by atoms with van der Waals surface area (Å²) in [6.45, 7) is 3.41. The molecule has 2 rings (SSSR count). The van der Waals surface area contributed by atoms with Gasteiger partial charge in [-0.3, -0.25) is 4.79 Å². The Hall–Kier alpha value is -0.840. The molecule has 1 heterocycles. The third kappa shape index (κ3) is 3.13. The van der Waals surface area contributed by atoms with Crippen molar-refractivity contribution in [1.29, 1.82) is 0 Å². The smallest absolute Gasteiger partial charge is 0.231 e. The van der Waals surface area contributed by atoms with Crippen LogP contribution in [0.2, 0.25) is 5.02 Å². The zero-order valence-electron chi connectivity index (χ0n) is 9.93. The number of carbonyl (C=O) groups is 1. The highest BCUT2D eigenvalue weighted by Crippen LogP contribution is 2.27. The van der Waals surface area contributed by atoms with E-state index < -0.39 is 11.2 Å². The molecule has 2 N–H and O–H groups in total. The predicted molar refractivity (Wildman–Crippen MR) is 72.9 cm³/mol. The molecule has 0 radical (unpaired) electrons. The SMILES string of the molecule is CC1(C(=O)Nc2ccc(F)c(Cl)c2)CCNC1.Cl. The molecule has 0 bridgehead atoms. The Morgan fingerprint density at radius 1 is 1.56 bits per heavy atom. The maximum Gasteiger partial charge on any atom is 0.231 e. The predicted octanol–water partition coefficient (Wildman–Crippen LogP) is 2.84. The normalized spacial score (nSPS) is 22.4. The van der Waals surface area contributed by atoms with E-state index in [1.165, 1.54) is 18.2 Å². The summed E-state index contributed by atoms with van der Waals surface area (Å²) in [5, 5.41) is 5.93. The molecule has 0 spiro atoms. The van der Waals surface area contributed by atoms with Crippen LogP contribution in [-0.4, -0.2) is 19.0 Å². The fraction of sp³-hybridized carbons (Fsp3) is 0.417. The molecule has 0 aliphatic carbocycles. The summed E-state index contributed by atoms with van der Waals surface area (Å²) in [4.78, 5) is 12.0. The topological polar surface area (TPSA) is 41.1 Å². The molecule has 1 amide bonds. The van der Waals surface area contributed by atoms with Crippen molar-refractivity contribution in [3.63, 3.8) is 0 Å². The second-order valence-electron chi connectivity index (χ2n) is 4.57. The van der Waals surface area contributed by atoms with Crippen molar-refractivity contribution in [2.75, 3.05) is 18.4 Å². The van der Waals surface area contributed by atoms with E-state index in [0.29, 0.717) is 12.2 Å². The van der Waals surface area contributed by atoms with Crippen molar-refractivity contribution in [2.45, 2.75) is 13.3 Å². The van der Waals surface area contributed by atoms with Crippen molar-refractivity contribution in [1.82, 2.24) is 5.32 Å². The number of amides is 1. The molecule has 1 aliphatic rings. The maximum atomic E-state index is 13.0. The van der Waals surface area contributed by atoms with Crippen molar-refractivity contribution in [3.8, 4) is 0 Å².